The topological polar surface area (TPSA) is 64.2 Å². The summed E-state index contributed by atoms with van der Waals surface area (Å²) in [7, 11) is 0. The van der Waals surface area contributed by atoms with Gasteiger partial charge in [-0.3, -0.25) is 9.98 Å². The van der Waals surface area contributed by atoms with Crippen LogP contribution in [0.3, 0.4) is 0 Å². The van der Waals surface area contributed by atoms with Crippen LogP contribution in [0.1, 0.15) is 17.1 Å². The zero-order valence-corrected chi connectivity index (χ0v) is 12.5. The van der Waals surface area contributed by atoms with Gasteiger partial charge in [0.05, 0.1) is 18.3 Å². The van der Waals surface area contributed by atoms with Crippen LogP contribution in [-0.4, -0.2) is 20.9 Å². The van der Waals surface area contributed by atoms with Gasteiger partial charge in [-0.05, 0) is 42.8 Å². The molecule has 0 spiro atoms. The molecule has 2 aromatic heterocycles. The molecule has 0 radical (unpaired) electrons. The van der Waals surface area contributed by atoms with E-state index in [1.54, 1.807) is 18.3 Å². The van der Waals surface area contributed by atoms with Gasteiger partial charge in [0.15, 0.2) is 0 Å². The maximum absolute atomic E-state index is 12.9. The molecule has 1 aromatic carbocycles. The smallest absolute Gasteiger partial charge is 0.247 e. The van der Waals surface area contributed by atoms with Crippen molar-refractivity contribution >= 4 is 11.4 Å². The Hall–Kier alpha value is -2.89. The average molecular weight is 308 g/mol. The van der Waals surface area contributed by atoms with Gasteiger partial charge in [0.2, 0.25) is 11.8 Å². The molecule has 0 fully saturated rings. The summed E-state index contributed by atoms with van der Waals surface area (Å²) >= 11 is 0. The monoisotopic (exact) mass is 308 g/mol. The molecular formula is C17H13FN4O. The minimum absolute atomic E-state index is 0.296. The summed E-state index contributed by atoms with van der Waals surface area (Å²) in [5.41, 5.74) is 4.73. The maximum Gasteiger partial charge on any atom is 0.247 e. The summed E-state index contributed by atoms with van der Waals surface area (Å²) in [6.07, 6.45) is 3.06. The zero-order chi connectivity index (χ0) is 15.8. The largest absolute Gasteiger partial charge is 0.420 e. The highest BCUT2D eigenvalue weighted by molar-refractivity contribution is 5.94. The highest BCUT2D eigenvalue weighted by Crippen LogP contribution is 2.27. The normalized spacial score (nSPS) is 13.0. The van der Waals surface area contributed by atoms with Crippen molar-refractivity contribution < 1.29 is 8.81 Å². The molecule has 0 aliphatic carbocycles. The SMILES string of the molecule is Cc1cc2c(cn1)N=C(Cc1nnc(-c3ccc(F)cc3)o1)C2. The summed E-state index contributed by atoms with van der Waals surface area (Å²) in [5, 5.41) is 8.07. The van der Waals surface area contributed by atoms with Gasteiger partial charge < -0.3 is 4.42 Å². The molecule has 0 atom stereocenters. The number of benzene rings is 1. The third kappa shape index (κ3) is 2.75. The number of rotatable bonds is 3. The summed E-state index contributed by atoms with van der Waals surface area (Å²) in [4.78, 5) is 8.81. The van der Waals surface area contributed by atoms with E-state index in [0.29, 0.717) is 23.8 Å². The minimum Gasteiger partial charge on any atom is -0.420 e. The van der Waals surface area contributed by atoms with Crippen LogP contribution in [0.2, 0.25) is 0 Å². The molecule has 0 unspecified atom stereocenters. The number of aliphatic imine (C=N–C) groups is 1. The van der Waals surface area contributed by atoms with Gasteiger partial charge in [0.25, 0.3) is 0 Å². The lowest BCUT2D eigenvalue weighted by molar-refractivity contribution is 0.523. The first-order valence-electron chi connectivity index (χ1n) is 7.28. The van der Waals surface area contributed by atoms with Gasteiger partial charge in [-0.1, -0.05) is 0 Å². The number of hydrogen-bond donors (Lipinski definition) is 0. The van der Waals surface area contributed by atoms with E-state index in [4.69, 9.17) is 4.42 Å². The molecule has 0 amide bonds. The minimum atomic E-state index is -0.296. The number of nitrogens with zero attached hydrogens (tertiary/aromatic N) is 4. The molecule has 114 valence electrons. The van der Waals surface area contributed by atoms with E-state index in [9.17, 15) is 4.39 Å². The summed E-state index contributed by atoms with van der Waals surface area (Å²) in [6, 6.07) is 8.01. The number of pyridine rings is 1. The lowest BCUT2D eigenvalue weighted by atomic mass is 10.1. The van der Waals surface area contributed by atoms with Crippen LogP contribution in [0.4, 0.5) is 10.1 Å². The van der Waals surface area contributed by atoms with E-state index in [1.807, 2.05) is 13.0 Å². The van der Waals surface area contributed by atoms with Gasteiger partial charge in [0.1, 0.15) is 5.82 Å². The summed E-state index contributed by atoms with van der Waals surface area (Å²) in [6.45, 7) is 1.96. The van der Waals surface area contributed by atoms with Crippen molar-refractivity contribution in [3.05, 3.63) is 59.5 Å². The van der Waals surface area contributed by atoms with Crippen molar-refractivity contribution in [2.75, 3.05) is 0 Å². The first kappa shape index (κ1) is 13.8. The fourth-order valence-electron chi connectivity index (χ4n) is 2.59. The Balaban J connectivity index is 1.52. The van der Waals surface area contributed by atoms with Gasteiger partial charge in [-0.2, -0.15) is 0 Å². The molecule has 1 aliphatic rings. The van der Waals surface area contributed by atoms with Crippen LogP contribution >= 0.6 is 0 Å². The molecule has 3 aromatic rings. The number of fused-ring (bicyclic) bond motifs is 1. The van der Waals surface area contributed by atoms with Crippen LogP contribution in [0, 0.1) is 12.7 Å². The standard InChI is InChI=1S/C17H13FN4O/c1-10-6-12-7-14(20-15(12)9-19-10)8-16-21-22-17(23-16)11-2-4-13(18)5-3-11/h2-6,9H,7-8H2,1H3. The molecule has 4 rings (SSSR count). The van der Waals surface area contributed by atoms with Crippen LogP contribution in [-0.2, 0) is 12.8 Å². The quantitative estimate of drug-likeness (QED) is 0.743. The Labute approximate surface area is 131 Å². The van der Waals surface area contributed by atoms with Gasteiger partial charge in [0, 0.05) is 23.4 Å². The summed E-state index contributed by atoms with van der Waals surface area (Å²) in [5.74, 6) is 0.588. The Morgan fingerprint density at radius 1 is 1.17 bits per heavy atom. The molecule has 23 heavy (non-hydrogen) atoms. The third-order valence-corrected chi connectivity index (χ3v) is 3.69. The molecule has 5 nitrogen and oxygen atoms in total. The number of halogens is 1. The number of aromatic nitrogens is 3. The highest BCUT2D eigenvalue weighted by atomic mass is 19.1. The number of hydrogen-bond acceptors (Lipinski definition) is 5. The fraction of sp³-hybridized carbons (Fsp3) is 0.176. The second kappa shape index (κ2) is 5.39. The Morgan fingerprint density at radius 3 is 2.83 bits per heavy atom. The molecule has 0 saturated carbocycles. The molecule has 3 heterocycles. The van der Waals surface area contributed by atoms with Crippen molar-refractivity contribution in [3.63, 3.8) is 0 Å². The zero-order valence-electron chi connectivity index (χ0n) is 12.5. The highest BCUT2D eigenvalue weighted by Gasteiger charge is 2.18. The predicted octanol–water partition coefficient (Wildman–Crippen LogP) is 3.45. The first-order valence-corrected chi connectivity index (χ1v) is 7.28. The Bertz CT molecular complexity index is 899. The van der Waals surface area contributed by atoms with E-state index < -0.39 is 0 Å². The Morgan fingerprint density at radius 2 is 2.00 bits per heavy atom. The van der Waals surface area contributed by atoms with Crippen molar-refractivity contribution in [3.8, 4) is 11.5 Å². The van der Waals surface area contributed by atoms with E-state index in [1.165, 1.54) is 17.7 Å². The van der Waals surface area contributed by atoms with Crippen molar-refractivity contribution in [2.24, 2.45) is 4.99 Å². The second-order valence-corrected chi connectivity index (χ2v) is 5.49. The molecule has 0 N–H and O–H groups in total. The van der Waals surface area contributed by atoms with E-state index in [0.717, 1.165) is 23.5 Å². The van der Waals surface area contributed by atoms with Crippen LogP contribution in [0.5, 0.6) is 0 Å². The molecule has 1 aliphatic heterocycles. The average Bonchev–Trinajstić information content (AvgIpc) is 3.14. The lowest BCUT2D eigenvalue weighted by Crippen LogP contribution is -2.03. The molecule has 0 saturated heterocycles. The molecule has 0 bridgehead atoms. The van der Waals surface area contributed by atoms with Gasteiger partial charge >= 0.3 is 0 Å². The molecule has 6 heteroatoms. The van der Waals surface area contributed by atoms with E-state index >= 15 is 0 Å². The second-order valence-electron chi connectivity index (χ2n) is 5.49. The van der Waals surface area contributed by atoms with Crippen LogP contribution in [0.15, 0.2) is 45.9 Å². The van der Waals surface area contributed by atoms with E-state index in [2.05, 4.69) is 20.2 Å². The Kier molecular flexibility index (Phi) is 3.22. The van der Waals surface area contributed by atoms with Gasteiger partial charge in [-0.25, -0.2) is 4.39 Å². The van der Waals surface area contributed by atoms with Crippen molar-refractivity contribution in [1.82, 2.24) is 15.2 Å². The maximum atomic E-state index is 12.9. The lowest BCUT2D eigenvalue weighted by Gasteiger charge is -1.97. The number of aryl methyl sites for hydroxylation is 1. The van der Waals surface area contributed by atoms with Crippen molar-refractivity contribution in [2.45, 2.75) is 19.8 Å². The first-order chi connectivity index (χ1) is 11.2. The summed E-state index contributed by atoms with van der Waals surface area (Å²) < 4.78 is 18.6. The van der Waals surface area contributed by atoms with Crippen LogP contribution in [0.25, 0.3) is 11.5 Å². The fourth-order valence-corrected chi connectivity index (χ4v) is 2.59. The van der Waals surface area contributed by atoms with Crippen LogP contribution < -0.4 is 0 Å². The van der Waals surface area contributed by atoms with E-state index in [-0.39, 0.29) is 5.82 Å². The predicted molar refractivity (Wildman–Crippen MR) is 83.2 cm³/mol. The third-order valence-electron chi connectivity index (χ3n) is 3.69. The van der Waals surface area contributed by atoms with Crippen molar-refractivity contribution in [1.29, 1.82) is 0 Å². The molecular weight excluding hydrogens is 295 g/mol. The van der Waals surface area contributed by atoms with Gasteiger partial charge in [-0.15, -0.1) is 10.2 Å².